The van der Waals surface area contributed by atoms with E-state index in [1.165, 1.54) is 5.56 Å². The number of amides is 1. The van der Waals surface area contributed by atoms with Gasteiger partial charge in [-0.3, -0.25) is 4.79 Å². The van der Waals surface area contributed by atoms with Crippen LogP contribution in [-0.4, -0.2) is 13.0 Å². The van der Waals surface area contributed by atoms with Crippen molar-refractivity contribution in [3.63, 3.8) is 0 Å². The molecule has 0 unspecified atom stereocenters. The summed E-state index contributed by atoms with van der Waals surface area (Å²) < 4.78 is 5.23. The van der Waals surface area contributed by atoms with Gasteiger partial charge in [0.1, 0.15) is 5.75 Å². The molecule has 0 aromatic heterocycles. The summed E-state index contributed by atoms with van der Waals surface area (Å²) >= 11 is 0. The van der Waals surface area contributed by atoms with Crippen LogP contribution >= 0.6 is 0 Å². The minimum atomic E-state index is -0.114. The predicted octanol–water partition coefficient (Wildman–Crippen LogP) is 3.28. The Labute approximate surface area is 118 Å². The number of methoxy groups -OCH3 is 1. The van der Waals surface area contributed by atoms with E-state index in [4.69, 9.17) is 4.74 Å². The van der Waals surface area contributed by atoms with E-state index in [1.54, 1.807) is 7.11 Å². The summed E-state index contributed by atoms with van der Waals surface area (Å²) in [5.74, 6) is 0.788. The average Bonchev–Trinajstić information content (AvgIpc) is 2.75. The molecular formula is C17H17NO2. The first kappa shape index (κ1) is 12.7. The second-order valence-electron chi connectivity index (χ2n) is 5.19. The van der Waals surface area contributed by atoms with Crippen molar-refractivity contribution in [2.45, 2.75) is 19.3 Å². The zero-order valence-electron chi connectivity index (χ0n) is 11.6. The van der Waals surface area contributed by atoms with Gasteiger partial charge in [0.25, 0.3) is 0 Å². The lowest BCUT2D eigenvalue weighted by atomic mass is 9.92. The van der Waals surface area contributed by atoms with Gasteiger partial charge in [0.15, 0.2) is 0 Å². The van der Waals surface area contributed by atoms with E-state index >= 15 is 0 Å². The molecule has 0 fully saturated rings. The van der Waals surface area contributed by atoms with Crippen LogP contribution in [0, 0.1) is 6.92 Å². The zero-order chi connectivity index (χ0) is 14.1. The maximum Gasteiger partial charge on any atom is 0.232 e. The second-order valence-corrected chi connectivity index (χ2v) is 5.19. The SMILES string of the molecule is COc1cccc(C[C@H]2C(=O)Nc3ccc(C)cc32)c1. The highest BCUT2D eigenvalue weighted by Crippen LogP contribution is 2.35. The average molecular weight is 267 g/mol. The molecule has 1 heterocycles. The number of ether oxygens (including phenoxy) is 1. The molecule has 2 aromatic rings. The number of carbonyl (C=O) groups excluding carboxylic acids is 1. The van der Waals surface area contributed by atoms with E-state index in [9.17, 15) is 4.79 Å². The maximum absolute atomic E-state index is 12.2. The quantitative estimate of drug-likeness (QED) is 0.926. The van der Waals surface area contributed by atoms with Crippen molar-refractivity contribution in [2.24, 2.45) is 0 Å². The lowest BCUT2D eigenvalue weighted by Crippen LogP contribution is -2.14. The van der Waals surface area contributed by atoms with Gasteiger partial charge in [-0.1, -0.05) is 29.8 Å². The molecule has 0 aliphatic carbocycles. The fourth-order valence-corrected chi connectivity index (χ4v) is 2.68. The van der Waals surface area contributed by atoms with Crippen LogP contribution in [0.5, 0.6) is 5.75 Å². The first-order valence-electron chi connectivity index (χ1n) is 6.72. The van der Waals surface area contributed by atoms with Gasteiger partial charge in [0.2, 0.25) is 5.91 Å². The number of rotatable bonds is 3. The van der Waals surface area contributed by atoms with Crippen molar-refractivity contribution in [3.05, 3.63) is 59.2 Å². The summed E-state index contributed by atoms with van der Waals surface area (Å²) in [4.78, 5) is 12.2. The number of anilines is 1. The minimum absolute atomic E-state index is 0.0772. The Balaban J connectivity index is 1.91. The van der Waals surface area contributed by atoms with Crippen molar-refractivity contribution in [1.82, 2.24) is 0 Å². The number of nitrogens with one attached hydrogen (secondary N) is 1. The normalized spacial score (nSPS) is 16.7. The standard InChI is InChI=1S/C17H17NO2/c1-11-6-7-16-14(8-11)15(17(19)18-16)10-12-4-3-5-13(9-12)20-2/h3-9,15H,10H2,1-2H3,(H,18,19)/t15-/m1/s1. The fourth-order valence-electron chi connectivity index (χ4n) is 2.68. The van der Waals surface area contributed by atoms with E-state index in [0.29, 0.717) is 6.42 Å². The molecule has 1 atom stereocenters. The van der Waals surface area contributed by atoms with E-state index in [2.05, 4.69) is 11.4 Å². The molecule has 3 heteroatoms. The van der Waals surface area contributed by atoms with Crippen molar-refractivity contribution in [1.29, 1.82) is 0 Å². The number of fused-ring (bicyclic) bond motifs is 1. The smallest absolute Gasteiger partial charge is 0.232 e. The van der Waals surface area contributed by atoms with Crippen LogP contribution in [0.4, 0.5) is 5.69 Å². The third-order valence-electron chi connectivity index (χ3n) is 3.73. The van der Waals surface area contributed by atoms with E-state index in [1.807, 2.05) is 43.3 Å². The number of aryl methyl sites for hydroxylation is 1. The van der Waals surface area contributed by atoms with E-state index in [-0.39, 0.29) is 11.8 Å². The Morgan fingerprint density at radius 1 is 1.20 bits per heavy atom. The van der Waals surface area contributed by atoms with Gasteiger partial charge >= 0.3 is 0 Å². The summed E-state index contributed by atoms with van der Waals surface area (Å²) in [6, 6.07) is 14.0. The molecule has 20 heavy (non-hydrogen) atoms. The van der Waals surface area contributed by atoms with Crippen LogP contribution in [0.25, 0.3) is 0 Å². The van der Waals surface area contributed by atoms with Gasteiger partial charge in [0.05, 0.1) is 13.0 Å². The Kier molecular flexibility index (Phi) is 3.18. The first-order chi connectivity index (χ1) is 9.67. The molecule has 1 aliphatic heterocycles. The molecule has 0 radical (unpaired) electrons. The number of carbonyl (C=O) groups is 1. The van der Waals surface area contributed by atoms with Crippen LogP contribution in [0.2, 0.25) is 0 Å². The molecule has 0 saturated carbocycles. The summed E-state index contributed by atoms with van der Waals surface area (Å²) in [5, 5.41) is 2.95. The van der Waals surface area contributed by atoms with Crippen molar-refractivity contribution in [3.8, 4) is 5.75 Å². The topological polar surface area (TPSA) is 38.3 Å². The third-order valence-corrected chi connectivity index (χ3v) is 3.73. The Hall–Kier alpha value is -2.29. The largest absolute Gasteiger partial charge is 0.497 e. The van der Waals surface area contributed by atoms with Crippen molar-refractivity contribution in [2.75, 3.05) is 12.4 Å². The lowest BCUT2D eigenvalue weighted by molar-refractivity contribution is -0.117. The number of benzene rings is 2. The summed E-state index contributed by atoms with van der Waals surface area (Å²) in [6.45, 7) is 2.05. The summed E-state index contributed by atoms with van der Waals surface area (Å²) in [7, 11) is 1.65. The maximum atomic E-state index is 12.2. The predicted molar refractivity (Wildman–Crippen MR) is 79.2 cm³/mol. The highest BCUT2D eigenvalue weighted by atomic mass is 16.5. The molecule has 3 nitrogen and oxygen atoms in total. The molecule has 0 bridgehead atoms. The summed E-state index contributed by atoms with van der Waals surface area (Å²) in [5.41, 5.74) is 4.32. The van der Waals surface area contributed by atoms with E-state index < -0.39 is 0 Å². The van der Waals surface area contributed by atoms with Crippen LogP contribution in [-0.2, 0) is 11.2 Å². The van der Waals surface area contributed by atoms with Crippen molar-refractivity contribution < 1.29 is 9.53 Å². The molecule has 0 spiro atoms. The number of hydrogen-bond acceptors (Lipinski definition) is 2. The van der Waals surface area contributed by atoms with Gasteiger partial charge < -0.3 is 10.1 Å². The van der Waals surface area contributed by atoms with Crippen LogP contribution < -0.4 is 10.1 Å². The molecule has 102 valence electrons. The minimum Gasteiger partial charge on any atom is -0.497 e. The van der Waals surface area contributed by atoms with Gasteiger partial charge in [0, 0.05) is 5.69 Å². The highest BCUT2D eigenvalue weighted by molar-refractivity contribution is 6.03. The summed E-state index contributed by atoms with van der Waals surface area (Å²) in [6.07, 6.45) is 0.694. The molecule has 3 rings (SSSR count). The fraction of sp³-hybridized carbons (Fsp3) is 0.235. The van der Waals surface area contributed by atoms with Crippen molar-refractivity contribution >= 4 is 11.6 Å². The molecule has 2 aromatic carbocycles. The molecular weight excluding hydrogens is 250 g/mol. The lowest BCUT2D eigenvalue weighted by Gasteiger charge is -2.10. The third kappa shape index (κ3) is 2.27. The van der Waals surface area contributed by atoms with Gasteiger partial charge in [-0.2, -0.15) is 0 Å². The van der Waals surface area contributed by atoms with Crippen LogP contribution in [0.1, 0.15) is 22.6 Å². The second kappa shape index (κ2) is 5.00. The van der Waals surface area contributed by atoms with E-state index in [0.717, 1.165) is 22.6 Å². The van der Waals surface area contributed by atoms with Gasteiger partial charge in [-0.15, -0.1) is 0 Å². The van der Waals surface area contributed by atoms with Crippen LogP contribution in [0.15, 0.2) is 42.5 Å². The molecule has 1 amide bonds. The Morgan fingerprint density at radius 2 is 2.05 bits per heavy atom. The monoisotopic (exact) mass is 267 g/mol. The van der Waals surface area contributed by atoms with Gasteiger partial charge in [-0.25, -0.2) is 0 Å². The Bertz CT molecular complexity index is 664. The highest BCUT2D eigenvalue weighted by Gasteiger charge is 2.30. The molecule has 1 N–H and O–H groups in total. The number of hydrogen-bond donors (Lipinski definition) is 1. The molecule has 0 saturated heterocycles. The Morgan fingerprint density at radius 3 is 2.85 bits per heavy atom. The van der Waals surface area contributed by atoms with Gasteiger partial charge in [-0.05, 0) is 42.7 Å². The zero-order valence-corrected chi connectivity index (χ0v) is 11.6. The van der Waals surface area contributed by atoms with Crippen LogP contribution in [0.3, 0.4) is 0 Å². The first-order valence-corrected chi connectivity index (χ1v) is 6.72. The molecule has 1 aliphatic rings.